The minimum Gasteiger partial charge on any atom is -0.350 e. The molecule has 0 fully saturated rings. The van der Waals surface area contributed by atoms with Crippen molar-refractivity contribution >= 4 is 26.6 Å². The van der Waals surface area contributed by atoms with Crippen LogP contribution >= 0.6 is 0 Å². The smallest absolute Gasteiger partial charge is 0.271 e. The molecule has 9 nitrogen and oxygen atoms in total. The lowest BCUT2D eigenvalue weighted by molar-refractivity contribution is 0.0950. The molecule has 5 rings (SSSR count). The van der Waals surface area contributed by atoms with Crippen LogP contribution in [0.4, 0.5) is 8.78 Å². The number of hydrogen-bond donors (Lipinski definition) is 1. The van der Waals surface area contributed by atoms with E-state index in [1.165, 1.54) is 29.4 Å². The second-order valence-corrected chi connectivity index (χ2v) is 11.2. The predicted molar refractivity (Wildman–Crippen MR) is 141 cm³/mol. The average molecular weight is 551 g/mol. The zero-order chi connectivity index (χ0) is 27.7. The van der Waals surface area contributed by atoms with Crippen LogP contribution in [0.5, 0.6) is 0 Å². The number of halogens is 2. The van der Waals surface area contributed by atoms with Crippen LogP contribution in [0.25, 0.3) is 22.0 Å². The lowest BCUT2D eigenvalue weighted by Crippen LogP contribution is -2.29. The molecule has 0 saturated carbocycles. The minimum atomic E-state index is -4.07. The van der Waals surface area contributed by atoms with Gasteiger partial charge in [-0.05, 0) is 29.7 Å². The fourth-order valence-corrected chi connectivity index (χ4v) is 5.79. The third-order valence-corrected chi connectivity index (χ3v) is 8.09. The van der Waals surface area contributed by atoms with Gasteiger partial charge in [-0.1, -0.05) is 18.2 Å². The number of sulfone groups is 1. The quantitative estimate of drug-likeness (QED) is 0.316. The van der Waals surface area contributed by atoms with Gasteiger partial charge in [-0.3, -0.25) is 14.5 Å². The van der Waals surface area contributed by atoms with E-state index < -0.39 is 33.1 Å². The highest BCUT2D eigenvalue weighted by atomic mass is 32.2. The van der Waals surface area contributed by atoms with E-state index in [2.05, 4.69) is 20.4 Å². The Labute approximate surface area is 223 Å². The standard InChI is InChI=1S/C27H24F2N6O3S/c1-17-9-18(20-12-33-34(2)14-20)3-4-19(17)15-35-16-25(26-22(29)10-21(28)11-24(26)35)39(37,38)8-7-32-27(36)23-13-30-5-6-31-23/h3-6,9-14,16H,7-8,15H2,1-2H3,(H,32,36). The van der Waals surface area contributed by atoms with Crippen molar-refractivity contribution in [3.63, 3.8) is 0 Å². The summed E-state index contributed by atoms with van der Waals surface area (Å²) in [5.41, 5.74) is 3.84. The first kappa shape index (κ1) is 26.2. The zero-order valence-corrected chi connectivity index (χ0v) is 21.9. The summed E-state index contributed by atoms with van der Waals surface area (Å²) < 4.78 is 59.0. The van der Waals surface area contributed by atoms with Crippen LogP contribution in [0, 0.1) is 18.6 Å². The molecule has 3 heterocycles. The van der Waals surface area contributed by atoms with Crippen LogP contribution in [-0.2, 0) is 23.4 Å². The maximum Gasteiger partial charge on any atom is 0.271 e. The van der Waals surface area contributed by atoms with E-state index >= 15 is 0 Å². The molecule has 0 radical (unpaired) electrons. The SMILES string of the molecule is Cc1cc(-c2cnn(C)c2)ccc1Cn1cc(S(=O)(=O)CCNC(=O)c2cnccn2)c2c(F)cc(F)cc21. The summed E-state index contributed by atoms with van der Waals surface area (Å²) in [6.07, 6.45) is 8.98. The number of benzene rings is 2. The molecule has 0 bridgehead atoms. The first-order valence-corrected chi connectivity index (χ1v) is 13.6. The maximum absolute atomic E-state index is 15.0. The summed E-state index contributed by atoms with van der Waals surface area (Å²) >= 11 is 0. The molecular formula is C27H24F2N6O3S. The van der Waals surface area contributed by atoms with Crippen LogP contribution in [0.3, 0.4) is 0 Å². The van der Waals surface area contributed by atoms with Crippen molar-refractivity contribution in [2.24, 2.45) is 7.05 Å². The number of aryl methyl sites for hydroxylation is 2. The second kappa shape index (κ2) is 10.4. The van der Waals surface area contributed by atoms with E-state index in [1.54, 1.807) is 10.9 Å². The number of nitrogens with one attached hydrogen (secondary N) is 1. The second-order valence-electron chi connectivity index (χ2n) is 9.11. The third-order valence-electron chi connectivity index (χ3n) is 6.37. The number of aromatic nitrogens is 5. The summed E-state index contributed by atoms with van der Waals surface area (Å²) in [6.45, 7) is 1.87. The van der Waals surface area contributed by atoms with Gasteiger partial charge >= 0.3 is 0 Å². The maximum atomic E-state index is 15.0. The summed E-state index contributed by atoms with van der Waals surface area (Å²) in [5.74, 6) is -2.87. The largest absolute Gasteiger partial charge is 0.350 e. The molecule has 1 N–H and O–H groups in total. The van der Waals surface area contributed by atoms with Gasteiger partial charge in [-0.15, -0.1) is 0 Å². The number of hydrogen-bond acceptors (Lipinski definition) is 6. The average Bonchev–Trinajstić information content (AvgIpc) is 3.50. The fraction of sp³-hybridized carbons (Fsp3) is 0.185. The normalized spacial score (nSPS) is 11.7. The lowest BCUT2D eigenvalue weighted by atomic mass is 10.0. The van der Waals surface area contributed by atoms with Crippen molar-refractivity contribution in [1.29, 1.82) is 0 Å². The molecule has 3 aromatic heterocycles. The fourth-order valence-electron chi connectivity index (χ4n) is 4.40. The van der Waals surface area contributed by atoms with Crippen molar-refractivity contribution in [2.45, 2.75) is 18.4 Å². The van der Waals surface area contributed by atoms with Crippen molar-refractivity contribution in [1.82, 2.24) is 29.6 Å². The number of carbonyl (C=O) groups is 1. The van der Waals surface area contributed by atoms with Gasteiger partial charge in [0.1, 0.15) is 17.3 Å². The Morgan fingerprint density at radius 3 is 2.56 bits per heavy atom. The first-order chi connectivity index (χ1) is 18.6. The van der Waals surface area contributed by atoms with Gasteiger partial charge in [-0.2, -0.15) is 5.10 Å². The highest BCUT2D eigenvalue weighted by molar-refractivity contribution is 7.91. The molecule has 1 amide bonds. The number of fused-ring (bicyclic) bond motifs is 1. The molecule has 0 saturated heterocycles. The Hall–Kier alpha value is -4.45. The zero-order valence-electron chi connectivity index (χ0n) is 21.1. The number of rotatable bonds is 8. The Morgan fingerprint density at radius 1 is 1.05 bits per heavy atom. The van der Waals surface area contributed by atoms with Gasteiger partial charge in [0.25, 0.3) is 5.91 Å². The van der Waals surface area contributed by atoms with Crippen LogP contribution in [0.15, 0.2) is 72.4 Å². The highest BCUT2D eigenvalue weighted by Crippen LogP contribution is 2.31. The molecule has 0 aliphatic heterocycles. The number of nitrogens with zero attached hydrogens (tertiary/aromatic N) is 5. The van der Waals surface area contributed by atoms with Gasteiger partial charge in [-0.25, -0.2) is 22.2 Å². The van der Waals surface area contributed by atoms with Crippen LogP contribution in [0.2, 0.25) is 0 Å². The first-order valence-electron chi connectivity index (χ1n) is 12.0. The third kappa shape index (κ3) is 5.41. The summed E-state index contributed by atoms with van der Waals surface area (Å²) in [7, 11) is -2.23. The Morgan fingerprint density at radius 2 is 1.87 bits per heavy atom. The molecule has 0 aliphatic carbocycles. The van der Waals surface area contributed by atoms with Gasteiger partial charge in [0.15, 0.2) is 9.84 Å². The van der Waals surface area contributed by atoms with Gasteiger partial charge in [0.05, 0.1) is 33.9 Å². The Bertz CT molecular complexity index is 1800. The summed E-state index contributed by atoms with van der Waals surface area (Å²) in [5, 5.41) is 6.48. The Kier molecular flexibility index (Phi) is 6.96. The molecule has 200 valence electrons. The highest BCUT2D eigenvalue weighted by Gasteiger charge is 2.25. The van der Waals surface area contributed by atoms with E-state index in [4.69, 9.17) is 0 Å². The van der Waals surface area contributed by atoms with E-state index in [0.717, 1.165) is 28.3 Å². The molecule has 0 atom stereocenters. The molecule has 12 heteroatoms. The predicted octanol–water partition coefficient (Wildman–Crippen LogP) is 3.67. The number of amides is 1. The summed E-state index contributed by atoms with van der Waals surface area (Å²) in [4.78, 5) is 19.6. The molecular weight excluding hydrogens is 526 g/mol. The topological polar surface area (TPSA) is 112 Å². The number of carbonyl (C=O) groups excluding carboxylic acids is 1. The molecule has 39 heavy (non-hydrogen) atoms. The van der Waals surface area contributed by atoms with Crippen molar-refractivity contribution < 1.29 is 22.0 Å². The lowest BCUT2D eigenvalue weighted by Gasteiger charge is -2.10. The van der Waals surface area contributed by atoms with E-state index in [9.17, 15) is 22.0 Å². The van der Waals surface area contributed by atoms with Crippen molar-refractivity contribution in [2.75, 3.05) is 12.3 Å². The van der Waals surface area contributed by atoms with Gasteiger partial charge < -0.3 is 9.88 Å². The van der Waals surface area contributed by atoms with Crippen molar-refractivity contribution in [3.05, 3.63) is 96.0 Å². The Balaban J connectivity index is 1.44. The molecule has 5 aromatic rings. The molecule has 0 unspecified atom stereocenters. The van der Waals surface area contributed by atoms with Gasteiger partial charge in [0.2, 0.25) is 0 Å². The molecule has 0 aliphatic rings. The molecule has 2 aromatic carbocycles. The van der Waals surface area contributed by atoms with Crippen LogP contribution < -0.4 is 5.32 Å². The van der Waals surface area contributed by atoms with E-state index in [0.29, 0.717) is 6.07 Å². The van der Waals surface area contributed by atoms with E-state index in [-0.39, 0.29) is 34.6 Å². The minimum absolute atomic E-state index is 0.0398. The monoisotopic (exact) mass is 550 g/mol. The van der Waals surface area contributed by atoms with Crippen molar-refractivity contribution in [3.8, 4) is 11.1 Å². The van der Waals surface area contributed by atoms with Crippen LogP contribution in [0.1, 0.15) is 21.6 Å². The summed E-state index contributed by atoms with van der Waals surface area (Å²) in [6, 6.07) is 7.58. The molecule has 0 spiro atoms. The van der Waals surface area contributed by atoms with Crippen LogP contribution in [-0.4, -0.2) is 50.9 Å². The van der Waals surface area contributed by atoms with E-state index in [1.807, 2.05) is 38.4 Å². The van der Waals surface area contributed by atoms with Gasteiger partial charge in [0, 0.05) is 56.6 Å².